The molecule has 2 aromatic heterocycles. The summed E-state index contributed by atoms with van der Waals surface area (Å²) in [5.41, 5.74) is 0.0665. The van der Waals surface area contributed by atoms with Crippen molar-refractivity contribution in [1.82, 2.24) is 14.8 Å². The maximum Gasteiger partial charge on any atom is 0.416 e. The summed E-state index contributed by atoms with van der Waals surface area (Å²) >= 11 is 0. The zero-order chi connectivity index (χ0) is 21.5. The quantitative estimate of drug-likeness (QED) is 0.658. The highest BCUT2D eigenvalue weighted by Crippen LogP contribution is 2.33. The molecule has 3 heterocycles. The Bertz CT molecular complexity index is 1100. The molecule has 162 valence electrons. The van der Waals surface area contributed by atoms with Gasteiger partial charge in [-0.25, -0.2) is 0 Å². The summed E-state index contributed by atoms with van der Waals surface area (Å²) in [5, 5.41) is 6.83. The molecule has 1 aliphatic heterocycles. The van der Waals surface area contributed by atoms with Crippen LogP contribution in [0.2, 0.25) is 0 Å². The van der Waals surface area contributed by atoms with Crippen molar-refractivity contribution < 1.29 is 22.8 Å². The lowest BCUT2D eigenvalue weighted by molar-refractivity contribution is -0.137. The number of nitrogens with one attached hydrogen (secondary N) is 1. The Morgan fingerprint density at radius 2 is 1.87 bits per heavy atom. The minimum atomic E-state index is -4.46. The third-order valence-corrected chi connectivity index (χ3v) is 4.76. The number of hydrogen-bond donors (Lipinski definition) is 1. The Labute approximate surface area is 182 Å². The van der Waals surface area contributed by atoms with E-state index in [1.807, 2.05) is 6.92 Å². The molecule has 7 nitrogen and oxygen atoms in total. The number of nitrogens with zero attached hydrogens (tertiary/aromatic N) is 4. The Balaban J connectivity index is 0.00000272. The van der Waals surface area contributed by atoms with E-state index >= 15 is 0 Å². The van der Waals surface area contributed by atoms with Crippen molar-refractivity contribution in [3.05, 3.63) is 71.8 Å². The van der Waals surface area contributed by atoms with E-state index in [0.29, 0.717) is 5.69 Å². The summed E-state index contributed by atoms with van der Waals surface area (Å²) in [7, 11) is 0. The number of halogens is 3. The van der Waals surface area contributed by atoms with Crippen molar-refractivity contribution >= 4 is 36.7 Å². The van der Waals surface area contributed by atoms with Crippen LogP contribution in [-0.4, -0.2) is 33.1 Å². The molecular formula is C20H18F3N5O2S. The highest BCUT2D eigenvalue weighted by molar-refractivity contribution is 7.59. The second-order valence-electron chi connectivity index (χ2n) is 6.83. The molecule has 31 heavy (non-hydrogen) atoms. The van der Waals surface area contributed by atoms with Gasteiger partial charge in [-0.15, -0.1) is 0 Å². The first-order valence-corrected chi connectivity index (χ1v) is 9.04. The van der Waals surface area contributed by atoms with Crippen LogP contribution in [0.4, 0.5) is 24.5 Å². The number of carbonyl (C=O) groups is 2. The van der Waals surface area contributed by atoms with Crippen LogP contribution in [0.5, 0.6) is 0 Å². The normalized spacial score (nSPS) is 15.8. The molecular weight excluding hydrogens is 431 g/mol. The lowest BCUT2D eigenvalue weighted by Gasteiger charge is -2.32. The van der Waals surface area contributed by atoms with Crippen LogP contribution < -0.4 is 10.2 Å². The first-order chi connectivity index (χ1) is 14.3. The van der Waals surface area contributed by atoms with E-state index in [0.717, 1.165) is 12.1 Å². The molecule has 11 heteroatoms. The monoisotopic (exact) mass is 449 g/mol. The summed E-state index contributed by atoms with van der Waals surface area (Å²) in [4.78, 5) is 30.9. The van der Waals surface area contributed by atoms with Gasteiger partial charge in [0.15, 0.2) is 5.69 Å². The van der Waals surface area contributed by atoms with Gasteiger partial charge in [-0.2, -0.15) is 31.8 Å². The van der Waals surface area contributed by atoms with Gasteiger partial charge in [0, 0.05) is 18.4 Å². The van der Waals surface area contributed by atoms with Crippen molar-refractivity contribution in [1.29, 1.82) is 0 Å². The zero-order valence-electron chi connectivity index (χ0n) is 16.2. The van der Waals surface area contributed by atoms with Crippen LogP contribution in [0.1, 0.15) is 39.5 Å². The van der Waals surface area contributed by atoms with Gasteiger partial charge in [-0.05, 0) is 43.3 Å². The van der Waals surface area contributed by atoms with Gasteiger partial charge in [-0.1, -0.05) is 6.07 Å². The summed E-state index contributed by atoms with van der Waals surface area (Å²) < 4.78 is 40.0. The number of carbonyl (C=O) groups excluding carboxylic acids is 2. The average molecular weight is 449 g/mol. The largest absolute Gasteiger partial charge is 0.416 e. The molecule has 0 radical (unpaired) electrons. The zero-order valence-corrected chi connectivity index (χ0v) is 17.2. The van der Waals surface area contributed by atoms with E-state index in [2.05, 4.69) is 15.4 Å². The third kappa shape index (κ3) is 4.26. The molecule has 2 amide bonds. The molecule has 0 fully saturated rings. The summed E-state index contributed by atoms with van der Waals surface area (Å²) in [6.45, 7) is 2.05. The lowest BCUT2D eigenvalue weighted by atomic mass is 10.1. The Hall–Kier alpha value is -3.34. The van der Waals surface area contributed by atoms with Crippen molar-refractivity contribution in [3.8, 4) is 0 Å². The maximum atomic E-state index is 13.1. The number of pyridine rings is 1. The first-order valence-electron chi connectivity index (χ1n) is 9.04. The second kappa shape index (κ2) is 8.42. The van der Waals surface area contributed by atoms with Crippen molar-refractivity contribution in [2.45, 2.75) is 19.1 Å². The summed E-state index contributed by atoms with van der Waals surface area (Å²) in [6, 6.07) is 8.99. The smallest absolute Gasteiger partial charge is 0.317 e. The first kappa shape index (κ1) is 22.3. The van der Waals surface area contributed by atoms with Crippen LogP contribution in [-0.2, 0) is 6.18 Å². The number of hydrogen-bond acceptors (Lipinski definition) is 4. The van der Waals surface area contributed by atoms with Crippen LogP contribution in [0.25, 0.3) is 0 Å². The molecule has 0 unspecified atom stereocenters. The Morgan fingerprint density at radius 3 is 2.48 bits per heavy atom. The highest BCUT2D eigenvalue weighted by Gasteiger charge is 2.35. The van der Waals surface area contributed by atoms with Crippen LogP contribution in [0.15, 0.2) is 54.9 Å². The van der Waals surface area contributed by atoms with Gasteiger partial charge in [0.05, 0.1) is 23.5 Å². The van der Waals surface area contributed by atoms with Gasteiger partial charge >= 0.3 is 6.18 Å². The van der Waals surface area contributed by atoms with E-state index in [9.17, 15) is 22.8 Å². The molecule has 1 aromatic carbocycles. The van der Waals surface area contributed by atoms with Crippen molar-refractivity contribution in [2.24, 2.45) is 0 Å². The highest BCUT2D eigenvalue weighted by atomic mass is 32.1. The molecule has 0 aliphatic carbocycles. The fraction of sp³-hybridized carbons (Fsp3) is 0.200. The molecule has 0 saturated heterocycles. The molecule has 1 atom stereocenters. The SMILES string of the molecule is C[C@H]1CN(c2ccc(C(F)(F)F)cc2)C(=O)c2c(NC(=O)c3ccccn3)cnn21.S. The van der Waals surface area contributed by atoms with Gasteiger partial charge in [0.25, 0.3) is 11.8 Å². The van der Waals surface area contributed by atoms with Gasteiger partial charge in [0.1, 0.15) is 5.69 Å². The number of anilines is 2. The van der Waals surface area contributed by atoms with E-state index in [1.165, 1.54) is 40.2 Å². The number of aromatic nitrogens is 3. The predicted octanol–water partition coefficient (Wildman–Crippen LogP) is 3.88. The van der Waals surface area contributed by atoms with Crippen LogP contribution >= 0.6 is 13.5 Å². The standard InChI is InChI=1S/C20H16F3N5O2.H2S/c1-12-11-27(14-7-5-13(6-8-14)20(21,22)23)19(30)17-16(10-25-28(12)17)26-18(29)15-4-2-3-9-24-15;/h2-10,12H,11H2,1H3,(H,26,29);1H2/t12-;/m0./s1. The second-order valence-corrected chi connectivity index (χ2v) is 6.83. The average Bonchev–Trinajstić information content (AvgIpc) is 3.15. The molecule has 0 spiro atoms. The number of amides is 2. The van der Waals surface area contributed by atoms with E-state index in [4.69, 9.17) is 0 Å². The van der Waals surface area contributed by atoms with Crippen LogP contribution in [0.3, 0.4) is 0 Å². The van der Waals surface area contributed by atoms with Crippen molar-refractivity contribution in [3.63, 3.8) is 0 Å². The minimum Gasteiger partial charge on any atom is -0.317 e. The minimum absolute atomic E-state index is 0. The molecule has 0 saturated carbocycles. The molecule has 4 rings (SSSR count). The number of rotatable bonds is 3. The molecule has 0 bridgehead atoms. The van der Waals surface area contributed by atoms with E-state index < -0.39 is 23.6 Å². The van der Waals surface area contributed by atoms with E-state index in [-0.39, 0.29) is 43.2 Å². The Kier molecular flexibility index (Phi) is 6.07. The number of fused-ring (bicyclic) bond motifs is 1. The van der Waals surface area contributed by atoms with Gasteiger partial charge in [-0.3, -0.25) is 19.3 Å². The fourth-order valence-electron chi connectivity index (χ4n) is 3.29. The molecule has 3 aromatic rings. The summed E-state index contributed by atoms with van der Waals surface area (Å²) in [5.74, 6) is -0.972. The van der Waals surface area contributed by atoms with E-state index in [1.54, 1.807) is 12.1 Å². The topological polar surface area (TPSA) is 80.1 Å². The number of alkyl halides is 3. The fourth-order valence-corrected chi connectivity index (χ4v) is 3.29. The van der Waals surface area contributed by atoms with Gasteiger partial charge in [0.2, 0.25) is 0 Å². The van der Waals surface area contributed by atoms with Gasteiger partial charge < -0.3 is 10.2 Å². The lowest BCUT2D eigenvalue weighted by Crippen LogP contribution is -2.43. The maximum absolute atomic E-state index is 13.1. The van der Waals surface area contributed by atoms with Crippen molar-refractivity contribution in [2.75, 3.05) is 16.8 Å². The summed E-state index contributed by atoms with van der Waals surface area (Å²) in [6.07, 6.45) is -1.61. The molecule has 1 N–H and O–H groups in total. The molecule has 1 aliphatic rings. The number of benzene rings is 1. The Morgan fingerprint density at radius 1 is 1.16 bits per heavy atom. The van der Waals surface area contributed by atoms with Crippen LogP contribution in [0, 0.1) is 0 Å². The third-order valence-electron chi connectivity index (χ3n) is 4.76. The predicted molar refractivity (Wildman–Crippen MR) is 113 cm³/mol.